The van der Waals surface area contributed by atoms with Crippen molar-refractivity contribution in [3.63, 3.8) is 0 Å². The predicted octanol–water partition coefficient (Wildman–Crippen LogP) is 1.93. The first-order valence-corrected chi connectivity index (χ1v) is 3.84. The molecule has 0 unspecified atom stereocenters. The molecule has 0 saturated heterocycles. The Morgan fingerprint density at radius 3 is 2.25 bits per heavy atom. The smallest absolute Gasteiger partial charge is 0.0929 e. The summed E-state index contributed by atoms with van der Waals surface area (Å²) >= 11 is 1.92. The average molecular weight is 129 g/mol. The Bertz CT molecular complexity index is 120. The molecule has 0 aromatic carbocycles. The van der Waals surface area contributed by atoms with Crippen molar-refractivity contribution < 1.29 is 0 Å². The third-order valence-electron chi connectivity index (χ3n) is 1.37. The number of thioether (sulfide) groups is 1. The second-order valence-corrected chi connectivity index (χ2v) is 3.81. The van der Waals surface area contributed by atoms with Crippen molar-refractivity contribution in [2.24, 2.45) is 4.99 Å². The van der Waals surface area contributed by atoms with Crippen molar-refractivity contribution in [2.75, 3.05) is 0 Å². The molecule has 0 radical (unpaired) electrons. The van der Waals surface area contributed by atoms with Gasteiger partial charge in [0.2, 0.25) is 0 Å². The van der Waals surface area contributed by atoms with Crippen LogP contribution < -0.4 is 0 Å². The standard InChI is InChI=1S/C6H11NS/c1-4-5(2)8-6(3)7-4/h5-6H,1-3H3/t5-,6+/m1/s1. The molecular weight excluding hydrogens is 118 g/mol. The van der Waals surface area contributed by atoms with Crippen molar-refractivity contribution in [1.29, 1.82) is 0 Å². The van der Waals surface area contributed by atoms with E-state index in [9.17, 15) is 0 Å². The highest BCUT2D eigenvalue weighted by molar-refractivity contribution is 8.01. The molecule has 1 rings (SSSR count). The molecule has 1 nitrogen and oxygen atoms in total. The number of nitrogens with zero attached hydrogens (tertiary/aromatic N) is 1. The van der Waals surface area contributed by atoms with E-state index >= 15 is 0 Å². The molecule has 0 fully saturated rings. The monoisotopic (exact) mass is 129 g/mol. The molecule has 0 bridgehead atoms. The van der Waals surface area contributed by atoms with E-state index in [0.717, 1.165) is 0 Å². The van der Waals surface area contributed by atoms with Gasteiger partial charge in [0.15, 0.2) is 0 Å². The number of rotatable bonds is 0. The quantitative estimate of drug-likeness (QED) is 0.487. The van der Waals surface area contributed by atoms with Gasteiger partial charge in [-0.05, 0) is 20.8 Å². The predicted molar refractivity (Wildman–Crippen MR) is 39.6 cm³/mol. The zero-order valence-corrected chi connectivity index (χ0v) is 6.33. The summed E-state index contributed by atoms with van der Waals surface area (Å²) in [6.07, 6.45) is 0. The molecule has 1 aliphatic rings. The second-order valence-electron chi connectivity index (χ2n) is 2.15. The van der Waals surface area contributed by atoms with Crippen LogP contribution in [0.15, 0.2) is 4.99 Å². The van der Waals surface area contributed by atoms with Gasteiger partial charge in [0.05, 0.1) is 5.37 Å². The van der Waals surface area contributed by atoms with Crippen LogP contribution >= 0.6 is 11.8 Å². The third kappa shape index (κ3) is 1.05. The highest BCUT2D eigenvalue weighted by Gasteiger charge is 2.17. The Morgan fingerprint density at radius 2 is 2.12 bits per heavy atom. The van der Waals surface area contributed by atoms with Gasteiger partial charge in [-0.25, -0.2) is 0 Å². The topological polar surface area (TPSA) is 12.4 Å². The molecule has 46 valence electrons. The molecule has 0 spiro atoms. The van der Waals surface area contributed by atoms with Crippen LogP contribution in [0.25, 0.3) is 0 Å². The molecule has 0 aromatic rings. The first-order chi connectivity index (χ1) is 3.70. The van der Waals surface area contributed by atoms with Gasteiger partial charge in [-0.15, -0.1) is 11.8 Å². The maximum absolute atomic E-state index is 4.35. The Morgan fingerprint density at radius 1 is 1.50 bits per heavy atom. The molecule has 0 N–H and O–H groups in total. The van der Waals surface area contributed by atoms with Crippen LogP contribution in [-0.2, 0) is 0 Å². The Hall–Kier alpha value is 0.0200. The minimum atomic E-state index is 0.505. The molecule has 1 aliphatic heterocycles. The summed E-state index contributed by atoms with van der Waals surface area (Å²) in [4.78, 5) is 4.35. The lowest BCUT2D eigenvalue weighted by molar-refractivity contribution is 1.06. The summed E-state index contributed by atoms with van der Waals surface area (Å²) in [6, 6.07) is 0. The number of hydrogen-bond acceptors (Lipinski definition) is 2. The van der Waals surface area contributed by atoms with Crippen LogP contribution in [0.2, 0.25) is 0 Å². The van der Waals surface area contributed by atoms with Crippen LogP contribution in [0.5, 0.6) is 0 Å². The van der Waals surface area contributed by atoms with Gasteiger partial charge >= 0.3 is 0 Å². The SMILES string of the molecule is CC1=N[C@H](C)S[C@@H]1C. The lowest BCUT2D eigenvalue weighted by atomic mass is 10.3. The summed E-state index contributed by atoms with van der Waals surface area (Å²) in [6.45, 7) is 6.44. The first kappa shape index (κ1) is 6.14. The summed E-state index contributed by atoms with van der Waals surface area (Å²) < 4.78 is 0. The molecule has 0 saturated carbocycles. The highest BCUT2D eigenvalue weighted by atomic mass is 32.2. The summed E-state index contributed by atoms with van der Waals surface area (Å²) in [7, 11) is 0. The van der Waals surface area contributed by atoms with Gasteiger partial charge in [-0.2, -0.15) is 0 Å². The van der Waals surface area contributed by atoms with Crippen molar-refractivity contribution in [2.45, 2.75) is 31.4 Å². The van der Waals surface area contributed by atoms with E-state index in [1.807, 2.05) is 11.8 Å². The summed E-state index contributed by atoms with van der Waals surface area (Å²) in [5.41, 5.74) is 1.29. The Labute approximate surface area is 54.6 Å². The fourth-order valence-electron chi connectivity index (χ4n) is 0.816. The molecule has 0 amide bonds. The number of hydrogen-bond donors (Lipinski definition) is 0. The van der Waals surface area contributed by atoms with Crippen LogP contribution in [0.4, 0.5) is 0 Å². The van der Waals surface area contributed by atoms with Crippen LogP contribution in [0.1, 0.15) is 20.8 Å². The zero-order valence-electron chi connectivity index (χ0n) is 5.51. The molecule has 0 aliphatic carbocycles. The first-order valence-electron chi connectivity index (χ1n) is 2.90. The summed E-state index contributed by atoms with van der Waals surface area (Å²) in [5.74, 6) is 0. The van der Waals surface area contributed by atoms with Crippen LogP contribution in [0, 0.1) is 0 Å². The van der Waals surface area contributed by atoms with E-state index < -0.39 is 0 Å². The second kappa shape index (κ2) is 2.09. The van der Waals surface area contributed by atoms with Crippen molar-refractivity contribution in [3.8, 4) is 0 Å². The van der Waals surface area contributed by atoms with E-state index in [2.05, 4.69) is 25.8 Å². The Balaban J connectivity index is 2.59. The van der Waals surface area contributed by atoms with Gasteiger partial charge in [-0.3, -0.25) is 4.99 Å². The van der Waals surface area contributed by atoms with Crippen molar-refractivity contribution in [3.05, 3.63) is 0 Å². The molecule has 2 heteroatoms. The minimum absolute atomic E-state index is 0.505. The van der Waals surface area contributed by atoms with Crippen molar-refractivity contribution in [1.82, 2.24) is 0 Å². The number of aliphatic imine (C=N–C) groups is 1. The fourth-order valence-corrected chi connectivity index (χ4v) is 1.89. The van der Waals surface area contributed by atoms with E-state index in [4.69, 9.17) is 0 Å². The zero-order chi connectivity index (χ0) is 6.15. The molecule has 0 aromatic heterocycles. The van der Waals surface area contributed by atoms with Crippen molar-refractivity contribution >= 4 is 17.5 Å². The molecule has 1 heterocycles. The molecular formula is C6H11NS. The third-order valence-corrected chi connectivity index (χ3v) is 2.62. The lowest BCUT2D eigenvalue weighted by Crippen LogP contribution is -2.01. The normalized spacial score (nSPS) is 37.6. The molecule has 2 atom stereocenters. The van der Waals surface area contributed by atoms with Gasteiger partial charge in [0.1, 0.15) is 0 Å². The minimum Gasteiger partial charge on any atom is -0.279 e. The van der Waals surface area contributed by atoms with Gasteiger partial charge < -0.3 is 0 Å². The van der Waals surface area contributed by atoms with Gasteiger partial charge in [-0.1, -0.05) is 0 Å². The van der Waals surface area contributed by atoms with E-state index in [1.54, 1.807) is 0 Å². The summed E-state index contributed by atoms with van der Waals surface area (Å²) in [5, 5.41) is 1.16. The van der Waals surface area contributed by atoms with Gasteiger partial charge in [0.25, 0.3) is 0 Å². The van der Waals surface area contributed by atoms with E-state index in [0.29, 0.717) is 10.6 Å². The largest absolute Gasteiger partial charge is 0.279 e. The van der Waals surface area contributed by atoms with Crippen LogP contribution in [-0.4, -0.2) is 16.3 Å². The average Bonchev–Trinajstić information content (AvgIpc) is 1.85. The van der Waals surface area contributed by atoms with Crippen LogP contribution in [0.3, 0.4) is 0 Å². The Kier molecular flexibility index (Phi) is 1.61. The maximum Gasteiger partial charge on any atom is 0.0929 e. The lowest BCUT2D eigenvalue weighted by Gasteiger charge is -1.98. The fraction of sp³-hybridized carbons (Fsp3) is 0.833. The highest BCUT2D eigenvalue weighted by Crippen LogP contribution is 2.26. The van der Waals surface area contributed by atoms with Gasteiger partial charge in [0, 0.05) is 11.0 Å². The molecule has 8 heavy (non-hydrogen) atoms. The van der Waals surface area contributed by atoms with E-state index in [1.165, 1.54) is 5.71 Å². The maximum atomic E-state index is 4.35. The van der Waals surface area contributed by atoms with E-state index in [-0.39, 0.29) is 0 Å².